The number of hydrogen-bond donors (Lipinski definition) is 3. The zero-order valence-corrected chi connectivity index (χ0v) is 17.3. The summed E-state index contributed by atoms with van der Waals surface area (Å²) in [7, 11) is -4.84. The minimum atomic E-state index is -4.84. The van der Waals surface area contributed by atoms with Gasteiger partial charge in [-0.2, -0.15) is 8.42 Å². The maximum atomic E-state index is 12.0. The highest BCUT2D eigenvalue weighted by Gasteiger charge is 2.45. The molecule has 0 radical (unpaired) electrons. The molecule has 4 atom stereocenters. The van der Waals surface area contributed by atoms with E-state index >= 15 is 0 Å². The fourth-order valence-corrected chi connectivity index (χ4v) is 3.73. The standard InChI is InChI=1S/C18H34O9S/c1-2-3-4-5-6-7-8-9-10-11-16(21)26-15(12-19)18-17(14(20)13-25-18)27-28(22,23)24/h14-15,17-20H,2-13H2,1H3,(H,22,23,24)/t14-,15+,17+,18+/m0/s1. The zero-order chi connectivity index (χ0) is 21.0. The summed E-state index contributed by atoms with van der Waals surface area (Å²) >= 11 is 0. The number of ether oxygens (including phenoxy) is 2. The highest BCUT2D eigenvalue weighted by molar-refractivity contribution is 7.80. The number of unbranched alkanes of at least 4 members (excludes halogenated alkanes) is 8. The third kappa shape index (κ3) is 10.1. The normalized spacial score (nSPS) is 23.6. The van der Waals surface area contributed by atoms with Crippen molar-refractivity contribution < 1.29 is 41.6 Å². The molecule has 1 aliphatic heterocycles. The second-order valence-corrected chi connectivity index (χ2v) is 8.19. The molecule has 1 heterocycles. The van der Waals surface area contributed by atoms with Crippen molar-refractivity contribution in [3.05, 3.63) is 0 Å². The van der Waals surface area contributed by atoms with Crippen LogP contribution in [0.2, 0.25) is 0 Å². The van der Waals surface area contributed by atoms with Gasteiger partial charge in [0.25, 0.3) is 0 Å². The number of aliphatic hydroxyl groups excluding tert-OH is 2. The summed E-state index contributed by atoms with van der Waals surface area (Å²) in [5, 5.41) is 19.2. The molecule has 0 aromatic rings. The monoisotopic (exact) mass is 426 g/mol. The predicted molar refractivity (Wildman–Crippen MR) is 101 cm³/mol. The van der Waals surface area contributed by atoms with Crippen LogP contribution in [-0.2, 0) is 28.9 Å². The van der Waals surface area contributed by atoms with Crippen LogP contribution >= 0.6 is 0 Å². The smallest absolute Gasteiger partial charge is 0.397 e. The third-order valence-electron chi connectivity index (χ3n) is 4.71. The molecule has 0 amide bonds. The first-order chi connectivity index (χ1) is 13.3. The van der Waals surface area contributed by atoms with Gasteiger partial charge in [0, 0.05) is 6.42 Å². The van der Waals surface area contributed by atoms with Crippen molar-refractivity contribution in [3.63, 3.8) is 0 Å². The summed E-state index contributed by atoms with van der Waals surface area (Å²) in [5.41, 5.74) is 0. The summed E-state index contributed by atoms with van der Waals surface area (Å²) in [4.78, 5) is 12.0. The molecular formula is C18H34O9S. The van der Waals surface area contributed by atoms with Crippen molar-refractivity contribution in [2.75, 3.05) is 13.2 Å². The Hall–Kier alpha value is -0.780. The van der Waals surface area contributed by atoms with Crippen molar-refractivity contribution in [3.8, 4) is 0 Å². The van der Waals surface area contributed by atoms with Crippen LogP contribution in [0.4, 0.5) is 0 Å². The van der Waals surface area contributed by atoms with Gasteiger partial charge in [-0.25, -0.2) is 4.18 Å². The molecule has 0 aromatic carbocycles. The molecule has 1 aliphatic rings. The zero-order valence-electron chi connectivity index (χ0n) is 16.5. The lowest BCUT2D eigenvalue weighted by Crippen LogP contribution is -2.45. The average molecular weight is 427 g/mol. The van der Waals surface area contributed by atoms with Crippen LogP contribution in [0, 0.1) is 0 Å². The van der Waals surface area contributed by atoms with E-state index in [0.717, 1.165) is 19.3 Å². The van der Waals surface area contributed by atoms with Gasteiger partial charge in [0.15, 0.2) is 6.10 Å². The highest BCUT2D eigenvalue weighted by Crippen LogP contribution is 2.24. The molecule has 0 aliphatic carbocycles. The Bertz CT molecular complexity index is 537. The van der Waals surface area contributed by atoms with E-state index in [1.807, 2.05) is 0 Å². The van der Waals surface area contributed by atoms with E-state index in [0.29, 0.717) is 6.42 Å². The molecule has 0 bridgehead atoms. The van der Waals surface area contributed by atoms with E-state index < -0.39 is 47.4 Å². The largest absolute Gasteiger partial charge is 0.457 e. The van der Waals surface area contributed by atoms with E-state index in [4.69, 9.17) is 14.0 Å². The molecule has 3 N–H and O–H groups in total. The number of aliphatic hydroxyl groups is 2. The number of carbonyl (C=O) groups is 1. The van der Waals surface area contributed by atoms with Crippen LogP contribution in [0.3, 0.4) is 0 Å². The quantitative estimate of drug-likeness (QED) is 0.203. The Kier molecular flexibility index (Phi) is 12.1. The van der Waals surface area contributed by atoms with Gasteiger partial charge in [-0.3, -0.25) is 9.35 Å². The first-order valence-corrected chi connectivity index (χ1v) is 11.4. The van der Waals surface area contributed by atoms with Gasteiger partial charge in [0.05, 0.1) is 13.2 Å². The summed E-state index contributed by atoms with van der Waals surface area (Å²) in [5.74, 6) is -0.544. The summed E-state index contributed by atoms with van der Waals surface area (Å²) in [6.07, 6.45) is 4.93. The second-order valence-electron chi connectivity index (χ2n) is 7.14. The van der Waals surface area contributed by atoms with Crippen molar-refractivity contribution in [2.24, 2.45) is 0 Å². The Morgan fingerprint density at radius 2 is 1.68 bits per heavy atom. The van der Waals surface area contributed by atoms with Crippen LogP contribution in [0.25, 0.3) is 0 Å². The van der Waals surface area contributed by atoms with Crippen LogP contribution in [0.15, 0.2) is 0 Å². The number of hydrogen-bond acceptors (Lipinski definition) is 8. The predicted octanol–water partition coefficient (Wildman–Crippen LogP) is 1.76. The Labute approximate surface area is 167 Å². The molecular weight excluding hydrogens is 392 g/mol. The average Bonchev–Trinajstić information content (AvgIpc) is 2.97. The molecule has 9 nitrogen and oxygen atoms in total. The Morgan fingerprint density at radius 1 is 1.11 bits per heavy atom. The van der Waals surface area contributed by atoms with E-state index in [1.54, 1.807) is 0 Å². The van der Waals surface area contributed by atoms with Crippen LogP contribution < -0.4 is 0 Å². The van der Waals surface area contributed by atoms with Gasteiger partial charge in [0.1, 0.15) is 18.3 Å². The third-order valence-corrected chi connectivity index (χ3v) is 5.17. The molecule has 0 aromatic heterocycles. The minimum Gasteiger partial charge on any atom is -0.457 e. The first kappa shape index (κ1) is 25.3. The minimum absolute atomic E-state index is 0.172. The van der Waals surface area contributed by atoms with E-state index in [1.165, 1.54) is 32.1 Å². The number of rotatable bonds is 15. The molecule has 1 fully saturated rings. The summed E-state index contributed by atoms with van der Waals surface area (Å²) in [6, 6.07) is 0. The topological polar surface area (TPSA) is 140 Å². The van der Waals surface area contributed by atoms with Crippen LogP contribution in [0.5, 0.6) is 0 Å². The van der Waals surface area contributed by atoms with Crippen molar-refractivity contribution in [2.45, 2.75) is 95.5 Å². The molecule has 0 unspecified atom stereocenters. The molecule has 0 saturated carbocycles. The van der Waals surface area contributed by atoms with E-state index in [9.17, 15) is 23.4 Å². The molecule has 10 heteroatoms. The van der Waals surface area contributed by atoms with E-state index in [2.05, 4.69) is 11.1 Å². The van der Waals surface area contributed by atoms with Crippen LogP contribution in [0.1, 0.15) is 71.1 Å². The lowest BCUT2D eigenvalue weighted by atomic mass is 10.1. The molecule has 1 saturated heterocycles. The fourth-order valence-electron chi connectivity index (χ4n) is 3.21. The number of carbonyl (C=O) groups excluding carboxylic acids is 1. The van der Waals surface area contributed by atoms with E-state index in [-0.39, 0.29) is 13.0 Å². The van der Waals surface area contributed by atoms with Gasteiger partial charge in [-0.1, -0.05) is 58.3 Å². The lowest BCUT2D eigenvalue weighted by Gasteiger charge is -2.25. The molecule has 0 spiro atoms. The first-order valence-electron chi connectivity index (χ1n) is 10.0. The van der Waals surface area contributed by atoms with Gasteiger partial charge in [-0.15, -0.1) is 0 Å². The maximum Gasteiger partial charge on any atom is 0.397 e. The molecule has 166 valence electrons. The maximum absolute atomic E-state index is 12.0. The van der Waals surface area contributed by atoms with Crippen molar-refractivity contribution >= 4 is 16.4 Å². The van der Waals surface area contributed by atoms with Crippen LogP contribution in [-0.4, -0.2) is 66.8 Å². The molecule has 1 rings (SSSR count). The van der Waals surface area contributed by atoms with Gasteiger partial charge in [0.2, 0.25) is 0 Å². The fraction of sp³-hybridized carbons (Fsp3) is 0.944. The van der Waals surface area contributed by atoms with Gasteiger partial charge < -0.3 is 19.7 Å². The van der Waals surface area contributed by atoms with Crippen molar-refractivity contribution in [1.29, 1.82) is 0 Å². The van der Waals surface area contributed by atoms with Gasteiger partial charge >= 0.3 is 16.4 Å². The van der Waals surface area contributed by atoms with Crippen molar-refractivity contribution in [1.82, 2.24) is 0 Å². The highest BCUT2D eigenvalue weighted by atomic mass is 32.3. The molecule has 28 heavy (non-hydrogen) atoms. The lowest BCUT2D eigenvalue weighted by molar-refractivity contribution is -0.162. The van der Waals surface area contributed by atoms with Gasteiger partial charge in [-0.05, 0) is 6.42 Å². The number of esters is 1. The SMILES string of the molecule is CCCCCCCCCCCC(=O)O[C@H](CO)[C@H]1OC[C@H](O)[C@H]1OS(=O)(=O)O. The Morgan fingerprint density at radius 3 is 2.21 bits per heavy atom. The second kappa shape index (κ2) is 13.4. The summed E-state index contributed by atoms with van der Waals surface area (Å²) < 4.78 is 45.4. The Balaban J connectivity index is 2.30. The summed E-state index contributed by atoms with van der Waals surface area (Å²) in [6.45, 7) is 1.28.